The van der Waals surface area contributed by atoms with E-state index in [9.17, 15) is 4.79 Å². The first-order chi connectivity index (χ1) is 9.15. The second kappa shape index (κ2) is 8.34. The van der Waals surface area contributed by atoms with Crippen LogP contribution in [0.4, 0.5) is 0 Å². The summed E-state index contributed by atoms with van der Waals surface area (Å²) in [4.78, 5) is 11.6. The smallest absolute Gasteiger partial charge is 0.237 e. The molecule has 3 nitrogen and oxygen atoms in total. The van der Waals surface area contributed by atoms with E-state index in [-0.39, 0.29) is 18.5 Å². The molecule has 3 heteroatoms. The molecule has 102 valence electrons. The molecule has 0 spiro atoms. The van der Waals surface area contributed by atoms with Crippen LogP contribution in [0.1, 0.15) is 31.7 Å². The highest BCUT2D eigenvalue weighted by Crippen LogP contribution is 2.17. The maximum Gasteiger partial charge on any atom is 0.237 e. The van der Waals surface area contributed by atoms with Crippen LogP contribution >= 0.6 is 0 Å². The molecule has 19 heavy (non-hydrogen) atoms. The molecule has 0 aliphatic carbocycles. The van der Waals surface area contributed by atoms with Crippen molar-refractivity contribution in [1.29, 1.82) is 0 Å². The van der Waals surface area contributed by atoms with Crippen molar-refractivity contribution in [3.63, 3.8) is 0 Å². The first-order valence-corrected chi connectivity index (χ1v) is 6.64. The molecule has 2 unspecified atom stereocenters. The van der Waals surface area contributed by atoms with Gasteiger partial charge in [-0.25, -0.2) is 0 Å². The van der Waals surface area contributed by atoms with Crippen molar-refractivity contribution in [2.75, 3.05) is 13.1 Å². The lowest BCUT2D eigenvalue weighted by Gasteiger charge is -2.16. The average Bonchev–Trinajstić information content (AvgIpc) is 2.45. The summed E-state index contributed by atoms with van der Waals surface area (Å²) in [5, 5.41) is 5.88. The quantitative estimate of drug-likeness (QED) is 0.734. The molecule has 2 atom stereocenters. The van der Waals surface area contributed by atoms with E-state index in [2.05, 4.69) is 47.7 Å². The molecule has 0 heterocycles. The minimum atomic E-state index is -0.212. The molecule has 0 aliphatic rings. The van der Waals surface area contributed by atoms with Gasteiger partial charge in [0.25, 0.3) is 0 Å². The zero-order valence-electron chi connectivity index (χ0n) is 11.6. The van der Waals surface area contributed by atoms with Gasteiger partial charge in [-0.3, -0.25) is 4.79 Å². The van der Waals surface area contributed by atoms with Crippen molar-refractivity contribution >= 4 is 5.91 Å². The Labute approximate surface area is 115 Å². The van der Waals surface area contributed by atoms with Gasteiger partial charge in [0.15, 0.2) is 0 Å². The maximum absolute atomic E-state index is 11.6. The molecule has 0 saturated heterocycles. The number of hydrogen-bond acceptors (Lipinski definition) is 2. The molecular weight excluding hydrogens is 236 g/mol. The van der Waals surface area contributed by atoms with Crippen LogP contribution in [0.2, 0.25) is 0 Å². The van der Waals surface area contributed by atoms with E-state index in [1.54, 1.807) is 0 Å². The van der Waals surface area contributed by atoms with Gasteiger partial charge >= 0.3 is 0 Å². The van der Waals surface area contributed by atoms with Crippen LogP contribution in [0.15, 0.2) is 30.3 Å². The summed E-state index contributed by atoms with van der Waals surface area (Å²) in [6, 6.07) is 10.2. The van der Waals surface area contributed by atoms with Crippen LogP contribution < -0.4 is 10.6 Å². The topological polar surface area (TPSA) is 41.1 Å². The number of terminal acetylenes is 1. The molecule has 1 rings (SSSR count). The Hall–Kier alpha value is -1.79. The zero-order valence-corrected chi connectivity index (χ0v) is 11.6. The van der Waals surface area contributed by atoms with E-state index >= 15 is 0 Å². The average molecular weight is 258 g/mol. The minimum absolute atomic E-state index is 0.0506. The zero-order chi connectivity index (χ0) is 14.1. The summed E-state index contributed by atoms with van der Waals surface area (Å²) in [7, 11) is 0. The lowest BCUT2D eigenvalue weighted by molar-refractivity contribution is -0.122. The van der Waals surface area contributed by atoms with Crippen molar-refractivity contribution in [2.24, 2.45) is 0 Å². The molecule has 1 aromatic rings. The van der Waals surface area contributed by atoms with Crippen LogP contribution in [-0.4, -0.2) is 25.0 Å². The second-order valence-corrected chi connectivity index (χ2v) is 4.70. The van der Waals surface area contributed by atoms with E-state index in [0.29, 0.717) is 5.92 Å². The normalized spacial score (nSPS) is 13.3. The second-order valence-electron chi connectivity index (χ2n) is 4.70. The third-order valence-electron chi connectivity index (χ3n) is 3.15. The molecule has 0 fully saturated rings. The fourth-order valence-corrected chi connectivity index (χ4v) is 1.85. The Morgan fingerprint density at radius 1 is 1.32 bits per heavy atom. The Morgan fingerprint density at radius 2 is 2.00 bits per heavy atom. The van der Waals surface area contributed by atoms with Crippen molar-refractivity contribution in [3.8, 4) is 12.3 Å². The van der Waals surface area contributed by atoms with Gasteiger partial charge in [-0.15, -0.1) is 6.42 Å². The summed E-state index contributed by atoms with van der Waals surface area (Å²) < 4.78 is 0. The highest BCUT2D eigenvalue weighted by molar-refractivity contribution is 5.81. The van der Waals surface area contributed by atoms with Crippen molar-refractivity contribution < 1.29 is 4.79 Å². The Morgan fingerprint density at radius 3 is 2.63 bits per heavy atom. The number of benzene rings is 1. The van der Waals surface area contributed by atoms with Gasteiger partial charge in [0.2, 0.25) is 5.91 Å². The van der Waals surface area contributed by atoms with E-state index in [1.165, 1.54) is 5.56 Å². The molecule has 0 radical (unpaired) electrons. The van der Waals surface area contributed by atoms with Crippen molar-refractivity contribution in [1.82, 2.24) is 10.6 Å². The van der Waals surface area contributed by atoms with Crippen molar-refractivity contribution in [3.05, 3.63) is 35.9 Å². The lowest BCUT2D eigenvalue weighted by atomic mass is 9.98. The fraction of sp³-hybridized carbons (Fsp3) is 0.438. The van der Waals surface area contributed by atoms with E-state index < -0.39 is 0 Å². The lowest BCUT2D eigenvalue weighted by Crippen LogP contribution is -2.42. The van der Waals surface area contributed by atoms with Gasteiger partial charge in [-0.05, 0) is 31.4 Å². The summed E-state index contributed by atoms with van der Waals surface area (Å²) >= 11 is 0. The van der Waals surface area contributed by atoms with Gasteiger partial charge in [0, 0.05) is 0 Å². The number of carbonyl (C=O) groups is 1. The van der Waals surface area contributed by atoms with Gasteiger partial charge in [0.1, 0.15) is 0 Å². The first-order valence-electron chi connectivity index (χ1n) is 6.64. The SMILES string of the molecule is C#CCNC(=O)C(C)NCCC(C)c1ccccc1. The van der Waals surface area contributed by atoms with Crippen LogP contribution in [-0.2, 0) is 4.79 Å². The van der Waals surface area contributed by atoms with Crippen LogP contribution in [0.5, 0.6) is 0 Å². The van der Waals surface area contributed by atoms with E-state index in [4.69, 9.17) is 6.42 Å². The Balaban J connectivity index is 2.27. The number of hydrogen-bond donors (Lipinski definition) is 2. The first kappa shape index (κ1) is 15.3. The third-order valence-corrected chi connectivity index (χ3v) is 3.15. The molecule has 0 aliphatic heterocycles. The summed E-state index contributed by atoms with van der Waals surface area (Å²) in [5.74, 6) is 2.82. The van der Waals surface area contributed by atoms with Crippen LogP contribution in [0.3, 0.4) is 0 Å². The number of carbonyl (C=O) groups excluding carboxylic acids is 1. The van der Waals surface area contributed by atoms with Gasteiger partial charge in [-0.2, -0.15) is 0 Å². The number of nitrogens with one attached hydrogen (secondary N) is 2. The van der Waals surface area contributed by atoms with E-state index in [1.807, 2.05) is 13.0 Å². The maximum atomic E-state index is 11.6. The van der Waals surface area contributed by atoms with Crippen LogP contribution in [0.25, 0.3) is 0 Å². The van der Waals surface area contributed by atoms with E-state index in [0.717, 1.165) is 13.0 Å². The highest BCUT2D eigenvalue weighted by Gasteiger charge is 2.11. The highest BCUT2D eigenvalue weighted by atomic mass is 16.2. The Kier molecular flexibility index (Phi) is 6.70. The fourth-order valence-electron chi connectivity index (χ4n) is 1.85. The number of rotatable bonds is 7. The predicted octanol–water partition coefficient (Wildman–Crippen LogP) is 1.91. The molecular formula is C16H22N2O. The van der Waals surface area contributed by atoms with Gasteiger partial charge in [0.05, 0.1) is 12.6 Å². The Bertz CT molecular complexity index is 422. The van der Waals surface area contributed by atoms with Crippen molar-refractivity contribution in [2.45, 2.75) is 32.2 Å². The van der Waals surface area contributed by atoms with Gasteiger partial charge < -0.3 is 10.6 Å². The summed E-state index contributed by atoms with van der Waals surface area (Å²) in [5.41, 5.74) is 1.33. The molecule has 1 aromatic carbocycles. The largest absolute Gasteiger partial charge is 0.344 e. The minimum Gasteiger partial charge on any atom is -0.344 e. The monoisotopic (exact) mass is 258 g/mol. The van der Waals surface area contributed by atoms with Crippen LogP contribution in [0, 0.1) is 12.3 Å². The molecule has 1 amide bonds. The molecule has 2 N–H and O–H groups in total. The third kappa shape index (κ3) is 5.58. The predicted molar refractivity (Wildman–Crippen MR) is 78.8 cm³/mol. The molecule has 0 aromatic heterocycles. The molecule has 0 saturated carbocycles. The standard InChI is InChI=1S/C16H22N2O/c1-4-11-18-16(19)14(3)17-12-10-13(2)15-8-6-5-7-9-15/h1,5-9,13-14,17H,10-12H2,2-3H3,(H,18,19). The summed E-state index contributed by atoms with van der Waals surface area (Å²) in [6.07, 6.45) is 6.09. The molecule has 0 bridgehead atoms. The number of amides is 1. The summed E-state index contributed by atoms with van der Waals surface area (Å²) in [6.45, 7) is 5.13. The van der Waals surface area contributed by atoms with Gasteiger partial charge in [-0.1, -0.05) is 43.2 Å².